The van der Waals surface area contributed by atoms with Crippen LogP contribution in [0.3, 0.4) is 0 Å². The van der Waals surface area contributed by atoms with Crippen LogP contribution >= 0.6 is 0 Å². The summed E-state index contributed by atoms with van der Waals surface area (Å²) in [6.45, 7) is 0. The fourth-order valence-corrected chi connectivity index (χ4v) is 3.68. The summed E-state index contributed by atoms with van der Waals surface area (Å²) < 4.78 is 4.13. The zero-order valence-electron chi connectivity index (χ0n) is 9.25. The van der Waals surface area contributed by atoms with Crippen LogP contribution in [0.4, 0.5) is 0 Å². The fraction of sp³-hybridized carbons (Fsp3) is 0.0769. The molecule has 0 fully saturated rings. The fourth-order valence-electron chi connectivity index (χ4n) is 1.90. The normalized spacial score (nSPS) is 10.9. The van der Waals surface area contributed by atoms with Gasteiger partial charge in [-0.25, -0.2) is 0 Å². The molecule has 2 heterocycles. The van der Waals surface area contributed by atoms with Crippen LogP contribution in [-0.2, 0) is 7.05 Å². The summed E-state index contributed by atoms with van der Waals surface area (Å²) in [7, 11) is 2.01. The van der Waals surface area contributed by atoms with E-state index < -0.39 is 0 Å². The van der Waals surface area contributed by atoms with E-state index in [1.807, 2.05) is 37.4 Å². The number of carbonyl (C=O) groups excluding carboxylic acids is 1. The van der Waals surface area contributed by atoms with Gasteiger partial charge in [0.25, 0.3) is 0 Å². The summed E-state index contributed by atoms with van der Waals surface area (Å²) in [5.41, 5.74) is 2.13. The van der Waals surface area contributed by atoms with Gasteiger partial charge in [0.05, 0.1) is 0 Å². The zero-order valence-corrected chi connectivity index (χ0v) is 11.0. The molecule has 3 nitrogen and oxygen atoms in total. The predicted molar refractivity (Wildman–Crippen MR) is 68.5 cm³/mol. The molecule has 0 aliphatic carbocycles. The van der Waals surface area contributed by atoms with Gasteiger partial charge in [0, 0.05) is 0 Å². The van der Waals surface area contributed by atoms with Crippen molar-refractivity contribution in [2.24, 2.45) is 7.05 Å². The van der Waals surface area contributed by atoms with Crippen LogP contribution in [0.5, 0.6) is 0 Å². The van der Waals surface area contributed by atoms with Crippen molar-refractivity contribution in [2.45, 2.75) is 0 Å². The van der Waals surface area contributed by atoms with E-state index >= 15 is 0 Å². The molecule has 0 aliphatic heterocycles. The predicted octanol–water partition coefficient (Wildman–Crippen LogP) is 2.11. The summed E-state index contributed by atoms with van der Waals surface area (Å²) in [6, 6.07) is 12.0. The van der Waals surface area contributed by atoms with Gasteiger partial charge < -0.3 is 0 Å². The Morgan fingerprint density at radius 2 is 2.06 bits per heavy atom. The molecule has 0 unspecified atom stereocenters. The zero-order chi connectivity index (χ0) is 11.8. The number of carbonyl (C=O) groups is 1. The van der Waals surface area contributed by atoms with Gasteiger partial charge >= 0.3 is 104 Å². The van der Waals surface area contributed by atoms with Crippen molar-refractivity contribution >= 4 is 31.8 Å². The SMILES string of the molecule is Cn1c(-c2ccc(C=O)[se]2)nc2ccccc21. The second-order valence-electron chi connectivity index (χ2n) is 3.80. The molecule has 0 radical (unpaired) electrons. The van der Waals surface area contributed by atoms with Crippen LogP contribution < -0.4 is 0 Å². The Morgan fingerprint density at radius 3 is 2.76 bits per heavy atom. The Hall–Kier alpha value is -1.64. The number of imidazole rings is 1. The molecule has 0 saturated carbocycles. The quantitative estimate of drug-likeness (QED) is 0.535. The number of aldehydes is 1. The number of hydrogen-bond acceptors (Lipinski definition) is 2. The molecule has 3 rings (SSSR count). The molecular weight excluding hydrogens is 279 g/mol. The molecule has 4 heteroatoms. The van der Waals surface area contributed by atoms with Crippen molar-refractivity contribution < 1.29 is 4.79 Å². The van der Waals surface area contributed by atoms with Crippen molar-refractivity contribution in [2.75, 3.05) is 0 Å². The standard InChI is InChI=1S/C13H10N2OSe/c1-15-11-5-3-2-4-10(11)14-13(15)12-7-6-9(8-16)17-12/h2-8H,1H3. The van der Waals surface area contributed by atoms with E-state index in [0.29, 0.717) is 0 Å². The number of hydrogen-bond donors (Lipinski definition) is 0. The maximum absolute atomic E-state index is 10.7. The van der Waals surface area contributed by atoms with Crippen LogP contribution in [0.1, 0.15) is 9.23 Å². The van der Waals surface area contributed by atoms with Crippen LogP contribution in [-0.4, -0.2) is 30.3 Å². The topological polar surface area (TPSA) is 34.9 Å². The molecule has 0 N–H and O–H groups in total. The monoisotopic (exact) mass is 290 g/mol. The molecule has 0 amide bonds. The molecule has 0 aliphatic rings. The number of para-hydroxylation sites is 2. The number of fused-ring (bicyclic) bond motifs is 1. The number of rotatable bonds is 2. The third-order valence-corrected chi connectivity index (χ3v) is 4.86. The minimum absolute atomic E-state index is 0.0941. The number of nitrogens with zero attached hydrogens (tertiary/aromatic N) is 2. The van der Waals surface area contributed by atoms with E-state index in [1.54, 1.807) is 0 Å². The van der Waals surface area contributed by atoms with Gasteiger partial charge in [-0.2, -0.15) is 0 Å². The van der Waals surface area contributed by atoms with Gasteiger partial charge in [-0.3, -0.25) is 0 Å². The van der Waals surface area contributed by atoms with Gasteiger partial charge in [-0.15, -0.1) is 0 Å². The van der Waals surface area contributed by atoms with Crippen molar-refractivity contribution in [1.82, 2.24) is 9.55 Å². The van der Waals surface area contributed by atoms with Crippen molar-refractivity contribution in [3.63, 3.8) is 0 Å². The van der Waals surface area contributed by atoms with Crippen molar-refractivity contribution in [3.8, 4) is 10.3 Å². The van der Waals surface area contributed by atoms with Gasteiger partial charge in [-0.05, 0) is 0 Å². The van der Waals surface area contributed by atoms with Crippen LogP contribution in [0.25, 0.3) is 21.3 Å². The Labute approximate surface area is 104 Å². The van der Waals surface area contributed by atoms with E-state index in [1.165, 1.54) is 4.44 Å². The molecule has 84 valence electrons. The first kappa shape index (κ1) is 10.5. The molecule has 1 aromatic carbocycles. The first-order valence-electron chi connectivity index (χ1n) is 5.26. The number of aromatic nitrogens is 2. The second kappa shape index (κ2) is 3.99. The maximum atomic E-state index is 10.7. The minimum atomic E-state index is 0.0941. The van der Waals surface area contributed by atoms with Gasteiger partial charge in [0.2, 0.25) is 0 Å². The molecule has 17 heavy (non-hydrogen) atoms. The average Bonchev–Trinajstić information content (AvgIpc) is 2.95. The number of aryl methyl sites for hydroxylation is 1. The molecule has 0 saturated heterocycles. The van der Waals surface area contributed by atoms with Crippen molar-refractivity contribution in [3.05, 3.63) is 40.8 Å². The van der Waals surface area contributed by atoms with E-state index in [-0.39, 0.29) is 14.5 Å². The van der Waals surface area contributed by atoms with E-state index in [2.05, 4.69) is 15.6 Å². The molecule has 0 bridgehead atoms. The van der Waals surface area contributed by atoms with Crippen LogP contribution in [0.15, 0.2) is 36.4 Å². The van der Waals surface area contributed by atoms with E-state index in [4.69, 9.17) is 0 Å². The first-order valence-corrected chi connectivity index (χ1v) is 6.98. The Kier molecular flexibility index (Phi) is 2.46. The summed E-state index contributed by atoms with van der Waals surface area (Å²) in [5.74, 6) is 0.972. The Bertz CT molecular complexity index is 696. The summed E-state index contributed by atoms with van der Waals surface area (Å²) in [5, 5.41) is 0. The third kappa shape index (κ3) is 1.66. The number of benzene rings is 1. The molecule has 3 aromatic rings. The summed E-state index contributed by atoms with van der Waals surface area (Å²) in [4.78, 5) is 15.4. The van der Waals surface area contributed by atoms with Crippen LogP contribution in [0.2, 0.25) is 0 Å². The van der Waals surface area contributed by atoms with Crippen molar-refractivity contribution in [1.29, 1.82) is 0 Å². The summed E-state index contributed by atoms with van der Waals surface area (Å²) in [6.07, 6.45) is 0.937. The van der Waals surface area contributed by atoms with Gasteiger partial charge in [-0.1, -0.05) is 0 Å². The second-order valence-corrected chi connectivity index (χ2v) is 6.14. The van der Waals surface area contributed by atoms with Gasteiger partial charge in [0.15, 0.2) is 0 Å². The third-order valence-electron chi connectivity index (χ3n) is 2.75. The average molecular weight is 289 g/mol. The van der Waals surface area contributed by atoms with Crippen LogP contribution in [0, 0.1) is 0 Å². The molecular formula is C13H10N2OSe. The Balaban J connectivity index is 2.23. The summed E-state index contributed by atoms with van der Waals surface area (Å²) >= 11 is 0.0941. The van der Waals surface area contributed by atoms with Gasteiger partial charge in [0.1, 0.15) is 0 Å². The van der Waals surface area contributed by atoms with E-state index in [9.17, 15) is 4.79 Å². The Morgan fingerprint density at radius 1 is 1.24 bits per heavy atom. The first-order chi connectivity index (χ1) is 8.29. The molecule has 0 atom stereocenters. The molecule has 2 aromatic heterocycles. The molecule has 0 spiro atoms. The van der Waals surface area contributed by atoms with E-state index in [0.717, 1.165) is 27.6 Å².